The molecule has 0 aliphatic heterocycles. The van der Waals surface area contributed by atoms with Crippen LogP contribution < -0.4 is 4.74 Å². The van der Waals surface area contributed by atoms with Gasteiger partial charge < -0.3 is 14.1 Å². The van der Waals surface area contributed by atoms with Crippen molar-refractivity contribution in [2.24, 2.45) is 0 Å². The largest absolute Gasteiger partial charge is 0.484 e. The topological polar surface area (TPSA) is 68.5 Å². The molecule has 27 heavy (non-hydrogen) atoms. The van der Waals surface area contributed by atoms with Crippen molar-refractivity contribution >= 4 is 5.91 Å². The van der Waals surface area contributed by atoms with Crippen LogP contribution >= 0.6 is 0 Å². The van der Waals surface area contributed by atoms with E-state index in [2.05, 4.69) is 48.3 Å². The second kappa shape index (κ2) is 8.98. The number of carbonyl (C=O) groups is 1. The fourth-order valence-corrected chi connectivity index (χ4v) is 2.70. The van der Waals surface area contributed by atoms with Crippen LogP contribution in [0.4, 0.5) is 0 Å². The van der Waals surface area contributed by atoms with E-state index < -0.39 is 0 Å². The second-order valence-electron chi connectivity index (χ2n) is 6.36. The predicted molar refractivity (Wildman–Crippen MR) is 102 cm³/mol. The van der Waals surface area contributed by atoms with Crippen LogP contribution in [0.3, 0.4) is 0 Å². The van der Waals surface area contributed by atoms with Crippen LogP contribution in [-0.2, 0) is 11.3 Å². The molecule has 1 heterocycles. The monoisotopic (exact) mass is 365 g/mol. The zero-order chi connectivity index (χ0) is 19.1. The molecule has 0 unspecified atom stereocenters. The number of hydrogen-bond acceptors (Lipinski definition) is 5. The van der Waals surface area contributed by atoms with Crippen molar-refractivity contribution in [2.45, 2.75) is 26.8 Å². The van der Waals surface area contributed by atoms with Gasteiger partial charge in [0.05, 0.1) is 0 Å². The van der Waals surface area contributed by atoms with Crippen LogP contribution in [0.25, 0.3) is 11.5 Å². The molecule has 2 aromatic carbocycles. The standard InChI is InChI=1S/C21H23N3O3/c1-3-12-24(13-17-6-4-16(2)5-7-17)20(25)14-26-19-10-8-18(9-11-19)21-23-22-15-27-21/h4-11,15H,3,12-14H2,1-2H3. The molecule has 1 amide bonds. The Balaban J connectivity index is 1.57. The van der Waals surface area contributed by atoms with Crippen molar-refractivity contribution in [3.63, 3.8) is 0 Å². The average Bonchev–Trinajstić information content (AvgIpc) is 3.22. The lowest BCUT2D eigenvalue weighted by atomic mass is 10.1. The summed E-state index contributed by atoms with van der Waals surface area (Å²) in [4.78, 5) is 14.4. The minimum Gasteiger partial charge on any atom is -0.484 e. The Morgan fingerprint density at radius 1 is 1.11 bits per heavy atom. The van der Waals surface area contributed by atoms with Gasteiger partial charge in [-0.2, -0.15) is 0 Å². The van der Waals surface area contributed by atoms with Gasteiger partial charge in [0.1, 0.15) is 5.75 Å². The van der Waals surface area contributed by atoms with Gasteiger partial charge in [0, 0.05) is 18.7 Å². The van der Waals surface area contributed by atoms with Crippen LogP contribution in [0, 0.1) is 6.92 Å². The summed E-state index contributed by atoms with van der Waals surface area (Å²) in [7, 11) is 0. The van der Waals surface area contributed by atoms with Crippen LogP contribution in [0.1, 0.15) is 24.5 Å². The molecule has 1 aromatic heterocycles. The van der Waals surface area contributed by atoms with Gasteiger partial charge in [0.25, 0.3) is 5.91 Å². The van der Waals surface area contributed by atoms with Gasteiger partial charge in [-0.3, -0.25) is 4.79 Å². The first kappa shape index (κ1) is 18.6. The van der Waals surface area contributed by atoms with E-state index in [1.807, 2.05) is 17.0 Å². The maximum atomic E-state index is 12.6. The molecular formula is C21H23N3O3. The zero-order valence-corrected chi connectivity index (χ0v) is 15.6. The van der Waals surface area contributed by atoms with E-state index in [-0.39, 0.29) is 12.5 Å². The van der Waals surface area contributed by atoms with Gasteiger partial charge >= 0.3 is 0 Å². The molecule has 0 aliphatic rings. The van der Waals surface area contributed by atoms with Crippen molar-refractivity contribution in [3.05, 3.63) is 66.1 Å². The maximum absolute atomic E-state index is 12.6. The number of nitrogens with zero attached hydrogens (tertiary/aromatic N) is 3. The Morgan fingerprint density at radius 2 is 1.85 bits per heavy atom. The normalized spacial score (nSPS) is 10.6. The first-order chi connectivity index (χ1) is 13.2. The van der Waals surface area contributed by atoms with E-state index in [0.29, 0.717) is 24.7 Å². The zero-order valence-electron chi connectivity index (χ0n) is 15.6. The van der Waals surface area contributed by atoms with E-state index >= 15 is 0 Å². The van der Waals surface area contributed by atoms with Gasteiger partial charge in [-0.1, -0.05) is 36.8 Å². The third-order valence-corrected chi connectivity index (χ3v) is 4.16. The lowest BCUT2D eigenvalue weighted by Gasteiger charge is -2.22. The molecule has 0 saturated carbocycles. The van der Waals surface area contributed by atoms with Gasteiger partial charge in [0.15, 0.2) is 6.61 Å². The quantitative estimate of drug-likeness (QED) is 0.606. The summed E-state index contributed by atoms with van der Waals surface area (Å²) in [6.07, 6.45) is 2.19. The van der Waals surface area contributed by atoms with Crippen molar-refractivity contribution in [1.29, 1.82) is 0 Å². The van der Waals surface area contributed by atoms with Crippen LogP contribution in [0.2, 0.25) is 0 Å². The van der Waals surface area contributed by atoms with Crippen molar-refractivity contribution in [1.82, 2.24) is 15.1 Å². The number of hydrogen-bond donors (Lipinski definition) is 0. The Bertz CT molecular complexity index is 843. The molecule has 0 radical (unpaired) electrons. The van der Waals surface area contributed by atoms with E-state index in [4.69, 9.17) is 9.15 Å². The molecule has 6 heteroatoms. The van der Waals surface area contributed by atoms with Crippen LogP contribution in [-0.4, -0.2) is 34.2 Å². The highest BCUT2D eigenvalue weighted by atomic mass is 16.5. The maximum Gasteiger partial charge on any atom is 0.260 e. The summed E-state index contributed by atoms with van der Waals surface area (Å²) in [5.74, 6) is 1.04. The smallest absolute Gasteiger partial charge is 0.260 e. The summed E-state index contributed by atoms with van der Waals surface area (Å²) in [6, 6.07) is 15.5. The number of aromatic nitrogens is 2. The number of rotatable bonds is 8. The number of benzene rings is 2. The molecule has 6 nitrogen and oxygen atoms in total. The highest BCUT2D eigenvalue weighted by Gasteiger charge is 2.14. The Labute approximate surface area is 158 Å². The predicted octanol–water partition coefficient (Wildman–Crippen LogP) is 3.86. The number of carbonyl (C=O) groups excluding carboxylic acids is 1. The van der Waals surface area contributed by atoms with Crippen LogP contribution in [0.5, 0.6) is 5.75 Å². The summed E-state index contributed by atoms with van der Waals surface area (Å²) in [6.45, 7) is 5.41. The first-order valence-corrected chi connectivity index (χ1v) is 8.98. The average molecular weight is 365 g/mol. The summed E-state index contributed by atoms with van der Waals surface area (Å²) >= 11 is 0. The van der Waals surface area contributed by atoms with E-state index in [1.54, 1.807) is 12.1 Å². The fourth-order valence-electron chi connectivity index (χ4n) is 2.70. The second-order valence-corrected chi connectivity index (χ2v) is 6.36. The van der Waals surface area contributed by atoms with E-state index in [9.17, 15) is 4.79 Å². The number of ether oxygens (including phenoxy) is 1. The number of aryl methyl sites for hydroxylation is 1. The lowest BCUT2D eigenvalue weighted by Crippen LogP contribution is -2.35. The molecule has 0 saturated heterocycles. The Kier molecular flexibility index (Phi) is 6.20. The Morgan fingerprint density at radius 3 is 2.48 bits per heavy atom. The summed E-state index contributed by atoms with van der Waals surface area (Å²) in [5, 5.41) is 7.52. The van der Waals surface area contributed by atoms with Crippen molar-refractivity contribution in [2.75, 3.05) is 13.2 Å². The minimum atomic E-state index is -0.0293. The molecule has 0 fully saturated rings. The molecule has 0 N–H and O–H groups in total. The van der Waals surface area contributed by atoms with Crippen molar-refractivity contribution < 1.29 is 13.9 Å². The minimum absolute atomic E-state index is 0.00572. The van der Waals surface area contributed by atoms with E-state index in [1.165, 1.54) is 12.0 Å². The molecule has 0 atom stereocenters. The summed E-state index contributed by atoms with van der Waals surface area (Å²) in [5.41, 5.74) is 3.13. The molecule has 140 valence electrons. The SMILES string of the molecule is CCCN(Cc1ccc(C)cc1)C(=O)COc1ccc(-c2nnco2)cc1. The van der Waals surface area contributed by atoms with Gasteiger partial charge in [-0.15, -0.1) is 10.2 Å². The van der Waals surface area contributed by atoms with Crippen molar-refractivity contribution in [3.8, 4) is 17.2 Å². The molecule has 0 aliphatic carbocycles. The fraction of sp³-hybridized carbons (Fsp3) is 0.286. The highest BCUT2D eigenvalue weighted by molar-refractivity contribution is 5.77. The molecule has 0 spiro atoms. The lowest BCUT2D eigenvalue weighted by molar-refractivity contribution is -0.134. The molecule has 3 aromatic rings. The summed E-state index contributed by atoms with van der Waals surface area (Å²) < 4.78 is 10.8. The van der Waals surface area contributed by atoms with Gasteiger partial charge in [-0.05, 0) is 43.2 Å². The Hall–Kier alpha value is -3.15. The third-order valence-electron chi connectivity index (χ3n) is 4.16. The molecular weight excluding hydrogens is 342 g/mol. The molecule has 3 rings (SSSR count). The number of amides is 1. The first-order valence-electron chi connectivity index (χ1n) is 8.98. The van der Waals surface area contributed by atoms with Gasteiger partial charge in [-0.25, -0.2) is 0 Å². The highest BCUT2D eigenvalue weighted by Crippen LogP contribution is 2.20. The van der Waals surface area contributed by atoms with Crippen LogP contribution in [0.15, 0.2) is 59.3 Å². The van der Waals surface area contributed by atoms with E-state index in [0.717, 1.165) is 17.5 Å². The molecule has 0 bridgehead atoms. The van der Waals surface area contributed by atoms with Gasteiger partial charge in [0.2, 0.25) is 12.3 Å². The third kappa shape index (κ3) is 5.17.